The van der Waals surface area contributed by atoms with Gasteiger partial charge in [-0.15, -0.1) is 5.56 Å². The molecule has 0 nitrogen and oxygen atoms in total. The maximum Gasteiger partial charge on any atom is 4.00 e. The third-order valence-corrected chi connectivity index (χ3v) is 4.88. The van der Waals surface area contributed by atoms with Crippen molar-refractivity contribution in [1.29, 1.82) is 0 Å². The fourth-order valence-electron chi connectivity index (χ4n) is 3.97. The first kappa shape index (κ1) is 28.6. The minimum Gasteiger partial charge on any atom is -1.00 e. The van der Waals surface area contributed by atoms with E-state index in [4.69, 9.17) is 0 Å². The number of hydrogen-bond donors (Lipinski definition) is 0. The van der Waals surface area contributed by atoms with Crippen molar-refractivity contribution in [3.63, 3.8) is 0 Å². The molecule has 0 aromatic heterocycles. The molecule has 0 saturated heterocycles. The standard InChI is InChI=1S/C23H25.3ClH.Ti/c1-18-15-16-21(17-18)23(22(2,3)4,19-11-7-5-8-12-19)20-13-9-6-10-14-20;;;;/h5-17H,1-4H3;3*1H;/q-1;;;;+4/p-3. The molecule has 0 spiro atoms. The normalized spacial score (nSPS) is 10.5. The summed E-state index contributed by atoms with van der Waals surface area (Å²) in [6.07, 6.45) is 0. The molecule has 0 saturated carbocycles. The minimum absolute atomic E-state index is 0. The topological polar surface area (TPSA) is 0 Å². The average Bonchev–Trinajstić information content (AvgIpc) is 2.95. The number of hydrogen-bond acceptors (Lipinski definition) is 0. The SMILES string of the molecule is Cc1cc[c-](C(c2ccccc2)(c2ccccc2)C(C)(C)C)c1.[Cl-].[Cl-].[Cl-].[Ti+4]. The second-order valence-corrected chi connectivity index (χ2v) is 7.41. The molecule has 0 heterocycles. The summed E-state index contributed by atoms with van der Waals surface area (Å²) in [5.41, 5.74) is 5.27. The van der Waals surface area contributed by atoms with Gasteiger partial charge >= 0.3 is 21.7 Å². The fourth-order valence-corrected chi connectivity index (χ4v) is 3.97. The molecular weight excluding hydrogens is 430 g/mol. The molecule has 0 unspecified atom stereocenters. The summed E-state index contributed by atoms with van der Waals surface area (Å²) < 4.78 is 0. The zero-order chi connectivity index (χ0) is 16.5. The van der Waals surface area contributed by atoms with Crippen LogP contribution in [0.4, 0.5) is 0 Å². The van der Waals surface area contributed by atoms with Crippen LogP contribution in [0.3, 0.4) is 0 Å². The molecule has 0 aliphatic carbocycles. The summed E-state index contributed by atoms with van der Waals surface area (Å²) in [7, 11) is 0. The Morgan fingerprint density at radius 3 is 1.37 bits per heavy atom. The largest absolute Gasteiger partial charge is 4.00 e. The first-order valence-electron chi connectivity index (χ1n) is 8.31. The van der Waals surface area contributed by atoms with Crippen LogP contribution in [0.5, 0.6) is 0 Å². The Bertz CT molecular complexity index is 735. The molecule has 0 aliphatic rings. The number of halogens is 3. The van der Waals surface area contributed by atoms with E-state index in [2.05, 4.69) is 107 Å². The van der Waals surface area contributed by atoms with Gasteiger partial charge in [-0.2, -0.15) is 12.1 Å². The van der Waals surface area contributed by atoms with E-state index >= 15 is 0 Å². The van der Waals surface area contributed by atoms with Gasteiger partial charge < -0.3 is 37.2 Å². The van der Waals surface area contributed by atoms with Gasteiger partial charge in [-0.3, -0.25) is 0 Å². The average molecular weight is 456 g/mol. The van der Waals surface area contributed by atoms with E-state index in [1.165, 1.54) is 22.3 Å². The molecule has 27 heavy (non-hydrogen) atoms. The summed E-state index contributed by atoms with van der Waals surface area (Å²) in [6.45, 7) is 9.20. The number of aryl methyl sites for hydroxylation is 1. The summed E-state index contributed by atoms with van der Waals surface area (Å²) in [4.78, 5) is 0. The maximum absolute atomic E-state index is 2.34. The summed E-state index contributed by atoms with van der Waals surface area (Å²) in [5, 5.41) is 0. The van der Waals surface area contributed by atoms with Crippen molar-refractivity contribution in [2.75, 3.05) is 0 Å². The second kappa shape index (κ2) is 11.4. The molecule has 0 bridgehead atoms. The number of rotatable bonds is 3. The van der Waals surface area contributed by atoms with Gasteiger partial charge in [-0.1, -0.05) is 88.4 Å². The number of benzene rings is 2. The van der Waals surface area contributed by atoms with Crippen LogP contribution in [0, 0.1) is 12.3 Å². The van der Waals surface area contributed by atoms with Crippen LogP contribution in [-0.4, -0.2) is 0 Å². The predicted molar refractivity (Wildman–Crippen MR) is 99.0 cm³/mol. The van der Waals surface area contributed by atoms with E-state index < -0.39 is 0 Å². The van der Waals surface area contributed by atoms with E-state index in [1.807, 2.05) is 0 Å². The van der Waals surface area contributed by atoms with Crippen molar-refractivity contribution in [2.45, 2.75) is 33.1 Å². The van der Waals surface area contributed by atoms with Crippen molar-refractivity contribution in [3.8, 4) is 0 Å². The molecular formula is C23H25Cl3Ti. The Morgan fingerprint density at radius 2 is 1.07 bits per heavy atom. The van der Waals surface area contributed by atoms with Crippen molar-refractivity contribution in [2.24, 2.45) is 5.41 Å². The molecule has 3 aromatic carbocycles. The van der Waals surface area contributed by atoms with Crippen LogP contribution < -0.4 is 37.2 Å². The van der Waals surface area contributed by atoms with Gasteiger partial charge in [0.15, 0.2) is 0 Å². The van der Waals surface area contributed by atoms with E-state index in [0.717, 1.165) is 0 Å². The van der Waals surface area contributed by atoms with Gasteiger partial charge in [0.05, 0.1) is 0 Å². The Labute approximate surface area is 197 Å². The molecule has 3 aromatic rings. The first-order chi connectivity index (χ1) is 11.0. The van der Waals surface area contributed by atoms with Crippen molar-refractivity contribution < 1.29 is 58.9 Å². The molecule has 142 valence electrons. The van der Waals surface area contributed by atoms with Crippen LogP contribution in [0.15, 0.2) is 78.9 Å². The van der Waals surface area contributed by atoms with Gasteiger partial charge in [0.2, 0.25) is 0 Å². The maximum atomic E-state index is 2.34. The molecule has 0 aliphatic heterocycles. The van der Waals surface area contributed by atoms with E-state index in [0.29, 0.717) is 0 Å². The quantitative estimate of drug-likeness (QED) is 0.294. The molecule has 0 fully saturated rings. The van der Waals surface area contributed by atoms with E-state index in [9.17, 15) is 0 Å². The van der Waals surface area contributed by atoms with E-state index in [1.54, 1.807) is 0 Å². The second-order valence-electron chi connectivity index (χ2n) is 7.41. The van der Waals surface area contributed by atoms with Crippen LogP contribution in [0.2, 0.25) is 0 Å². The van der Waals surface area contributed by atoms with Gasteiger partial charge in [-0.05, 0) is 16.5 Å². The fraction of sp³-hybridized carbons (Fsp3) is 0.261. The van der Waals surface area contributed by atoms with Gasteiger partial charge in [0, 0.05) is 5.41 Å². The zero-order valence-electron chi connectivity index (χ0n) is 16.1. The Hall–Kier alpha value is -0.626. The predicted octanol–water partition coefficient (Wildman–Crippen LogP) is -2.90. The van der Waals surface area contributed by atoms with Crippen LogP contribution in [-0.2, 0) is 27.1 Å². The van der Waals surface area contributed by atoms with Gasteiger partial charge in [0.25, 0.3) is 0 Å². The Balaban J connectivity index is 0. The molecule has 4 heteroatoms. The zero-order valence-corrected chi connectivity index (χ0v) is 20.0. The summed E-state index contributed by atoms with van der Waals surface area (Å²) in [6, 6.07) is 28.7. The van der Waals surface area contributed by atoms with Crippen molar-refractivity contribution in [3.05, 3.63) is 101 Å². The summed E-state index contributed by atoms with van der Waals surface area (Å²) >= 11 is 0. The molecule has 0 amide bonds. The first-order valence-corrected chi connectivity index (χ1v) is 8.31. The van der Waals surface area contributed by atoms with Crippen molar-refractivity contribution in [1.82, 2.24) is 0 Å². The Kier molecular flexibility index (Phi) is 12.1. The minimum atomic E-state index is -0.163. The molecule has 0 radical (unpaired) electrons. The van der Waals surface area contributed by atoms with Gasteiger partial charge in [0.1, 0.15) is 0 Å². The third-order valence-electron chi connectivity index (χ3n) is 4.88. The van der Waals surface area contributed by atoms with Crippen LogP contribution >= 0.6 is 0 Å². The van der Waals surface area contributed by atoms with Gasteiger partial charge in [-0.25, -0.2) is 11.6 Å². The molecule has 0 atom stereocenters. The van der Waals surface area contributed by atoms with Crippen LogP contribution in [0.1, 0.15) is 43.0 Å². The van der Waals surface area contributed by atoms with Crippen molar-refractivity contribution >= 4 is 0 Å². The van der Waals surface area contributed by atoms with Crippen LogP contribution in [0.25, 0.3) is 0 Å². The smallest absolute Gasteiger partial charge is 1.00 e. The summed E-state index contributed by atoms with van der Waals surface area (Å²) in [5.74, 6) is 0. The molecule has 3 rings (SSSR count). The third kappa shape index (κ3) is 5.25. The Morgan fingerprint density at radius 1 is 0.667 bits per heavy atom. The molecule has 0 N–H and O–H groups in total. The monoisotopic (exact) mass is 454 g/mol. The van der Waals surface area contributed by atoms with E-state index in [-0.39, 0.29) is 69.8 Å².